The molecule has 4 aromatic carbocycles. The number of anilines is 3. The predicted octanol–water partition coefficient (Wildman–Crippen LogP) is 6.71. The normalized spacial score (nSPS) is 12.2. The van der Waals surface area contributed by atoms with Crippen molar-refractivity contribution in [2.24, 2.45) is 0 Å². The number of aromatic hydroxyl groups is 1. The molecule has 2 amide bonds. The molecule has 42 heavy (non-hydrogen) atoms. The Balaban J connectivity index is 1.66. The summed E-state index contributed by atoms with van der Waals surface area (Å²) in [6.45, 7) is 1.45. The van der Waals surface area contributed by atoms with Crippen LogP contribution in [0.15, 0.2) is 109 Å². The number of ketones is 1. The second-order valence-corrected chi connectivity index (χ2v) is 10.4. The van der Waals surface area contributed by atoms with Crippen molar-refractivity contribution in [3.8, 4) is 11.5 Å². The van der Waals surface area contributed by atoms with Crippen molar-refractivity contribution < 1.29 is 29.0 Å². The summed E-state index contributed by atoms with van der Waals surface area (Å²) < 4.78 is 12.8. The summed E-state index contributed by atoms with van der Waals surface area (Å²) in [7, 11) is 0. The number of nitrogens with one attached hydrogen (secondary N) is 2. The van der Waals surface area contributed by atoms with Gasteiger partial charge in [-0.2, -0.15) is 0 Å². The second kappa shape index (κ2) is 14.2. The van der Waals surface area contributed by atoms with Crippen LogP contribution in [0.4, 0.5) is 21.9 Å². The number of nitrogens with two attached hydrogens (primary N) is 1. The van der Waals surface area contributed by atoms with Gasteiger partial charge in [0, 0.05) is 26.5 Å². The molecule has 0 radical (unpaired) electrons. The molecule has 9 nitrogen and oxygen atoms in total. The third kappa shape index (κ3) is 8.33. The molecule has 0 spiro atoms. The topological polar surface area (TPSA) is 140 Å². The molecule has 214 valence electrons. The lowest BCUT2D eigenvalue weighted by atomic mass is 10.0. The van der Waals surface area contributed by atoms with Crippen LogP contribution in [0, 0.1) is 3.57 Å². The molecular formula is C32H28IN3O6. The Bertz CT molecular complexity index is 1590. The van der Waals surface area contributed by atoms with Crippen LogP contribution in [-0.4, -0.2) is 29.0 Å². The Morgan fingerprint density at radius 3 is 2.29 bits per heavy atom. The van der Waals surface area contributed by atoms with Crippen LogP contribution in [0.3, 0.4) is 0 Å². The van der Waals surface area contributed by atoms with E-state index in [1.54, 1.807) is 84.9 Å². The van der Waals surface area contributed by atoms with Crippen molar-refractivity contribution in [1.29, 1.82) is 0 Å². The third-order valence-electron chi connectivity index (χ3n) is 6.04. The fraction of sp³-hybridized carbons (Fsp3) is 0.0938. The minimum atomic E-state index is -1.19. The van der Waals surface area contributed by atoms with Gasteiger partial charge >= 0.3 is 6.09 Å². The van der Waals surface area contributed by atoms with Crippen molar-refractivity contribution in [3.05, 3.63) is 124 Å². The molecule has 5 N–H and O–H groups in total. The van der Waals surface area contributed by atoms with E-state index in [-0.39, 0.29) is 17.1 Å². The van der Waals surface area contributed by atoms with Gasteiger partial charge in [0.25, 0.3) is 0 Å². The van der Waals surface area contributed by atoms with Gasteiger partial charge < -0.3 is 25.6 Å². The SMILES string of the molecule is CC(=O)c1ccc(NC(=O)O[C@H](c2cc(I)ccc2O)[C@@H](/C=C/C(=O)Nc2ccccc2N)Oc2ccccc2)cc1. The van der Waals surface area contributed by atoms with E-state index >= 15 is 0 Å². The fourth-order valence-corrected chi connectivity index (χ4v) is 4.45. The smallest absolute Gasteiger partial charge is 0.412 e. The molecule has 0 aliphatic heterocycles. The summed E-state index contributed by atoms with van der Waals surface area (Å²) >= 11 is 2.08. The summed E-state index contributed by atoms with van der Waals surface area (Å²) in [6.07, 6.45) is -0.394. The van der Waals surface area contributed by atoms with Crippen molar-refractivity contribution >= 4 is 57.4 Å². The van der Waals surface area contributed by atoms with Gasteiger partial charge in [0.2, 0.25) is 5.91 Å². The van der Waals surface area contributed by atoms with Gasteiger partial charge in [0.15, 0.2) is 18.0 Å². The molecule has 4 rings (SSSR count). The van der Waals surface area contributed by atoms with E-state index in [2.05, 4.69) is 33.2 Å². The maximum Gasteiger partial charge on any atom is 0.412 e. The van der Waals surface area contributed by atoms with E-state index in [4.69, 9.17) is 15.2 Å². The van der Waals surface area contributed by atoms with Gasteiger partial charge in [-0.25, -0.2) is 4.79 Å². The Kier molecular flexibility index (Phi) is 10.2. The highest BCUT2D eigenvalue weighted by Crippen LogP contribution is 2.34. The van der Waals surface area contributed by atoms with Crippen molar-refractivity contribution in [2.45, 2.75) is 19.1 Å². The van der Waals surface area contributed by atoms with Gasteiger partial charge in [-0.3, -0.25) is 14.9 Å². The first kappa shape index (κ1) is 30.1. The number of carbonyl (C=O) groups is 3. The van der Waals surface area contributed by atoms with Gasteiger partial charge in [-0.15, -0.1) is 0 Å². The number of ether oxygens (including phenoxy) is 2. The Morgan fingerprint density at radius 2 is 1.60 bits per heavy atom. The molecule has 2 atom stereocenters. The molecule has 0 aromatic heterocycles. The van der Waals surface area contributed by atoms with Crippen LogP contribution in [0.5, 0.6) is 11.5 Å². The average molecular weight is 677 g/mol. The van der Waals surface area contributed by atoms with Gasteiger partial charge in [-0.1, -0.05) is 30.3 Å². The fourth-order valence-electron chi connectivity index (χ4n) is 3.94. The highest BCUT2D eigenvalue weighted by molar-refractivity contribution is 14.1. The highest BCUT2D eigenvalue weighted by atomic mass is 127. The molecule has 0 heterocycles. The first-order valence-electron chi connectivity index (χ1n) is 12.8. The van der Waals surface area contributed by atoms with Crippen LogP contribution in [0.25, 0.3) is 0 Å². The van der Waals surface area contributed by atoms with Crippen LogP contribution in [0.1, 0.15) is 28.9 Å². The van der Waals surface area contributed by atoms with E-state index in [0.717, 1.165) is 3.57 Å². The molecular weight excluding hydrogens is 649 g/mol. The van der Waals surface area contributed by atoms with Crippen LogP contribution in [-0.2, 0) is 9.53 Å². The molecule has 0 aliphatic rings. The molecule has 0 bridgehead atoms. The molecule has 4 aromatic rings. The summed E-state index contributed by atoms with van der Waals surface area (Å²) in [5, 5.41) is 16.1. The Labute approximate surface area is 256 Å². The Hall–Kier alpha value is -4.84. The summed E-state index contributed by atoms with van der Waals surface area (Å²) in [4.78, 5) is 37.6. The summed E-state index contributed by atoms with van der Waals surface area (Å²) in [5.74, 6) is -0.283. The number of carbonyl (C=O) groups excluding carboxylic acids is 3. The first-order valence-corrected chi connectivity index (χ1v) is 13.9. The number of amides is 2. The predicted molar refractivity (Wildman–Crippen MR) is 170 cm³/mol. The molecule has 0 saturated carbocycles. The van der Waals surface area contributed by atoms with Crippen molar-refractivity contribution in [1.82, 2.24) is 0 Å². The average Bonchev–Trinajstić information content (AvgIpc) is 2.97. The monoisotopic (exact) mass is 677 g/mol. The van der Waals surface area contributed by atoms with E-state index in [1.165, 1.54) is 25.1 Å². The lowest BCUT2D eigenvalue weighted by Gasteiger charge is -2.27. The molecule has 0 fully saturated rings. The third-order valence-corrected chi connectivity index (χ3v) is 6.71. The maximum atomic E-state index is 13.1. The minimum Gasteiger partial charge on any atom is -0.508 e. The number of nitrogen functional groups attached to an aromatic ring is 1. The number of halogens is 1. The van der Waals surface area contributed by atoms with Gasteiger partial charge in [0.1, 0.15) is 11.5 Å². The zero-order chi connectivity index (χ0) is 30.1. The highest BCUT2D eigenvalue weighted by Gasteiger charge is 2.30. The number of rotatable bonds is 10. The molecule has 0 aliphatic carbocycles. The standard InChI is InChI=1S/C32H28IN3O6/c1-20(37)21-11-14-23(15-12-21)35-32(40)42-31(25-19-22(33)13-16-28(25)38)29(41-24-7-3-2-4-8-24)17-18-30(39)36-27-10-6-5-9-26(27)34/h2-19,29,31,38H,34H2,1H3,(H,35,40)(H,36,39)/b18-17+/t29-,31-/m1/s1. The van der Waals surface area contributed by atoms with Gasteiger partial charge in [0.05, 0.1) is 11.4 Å². The van der Waals surface area contributed by atoms with Crippen LogP contribution in [0.2, 0.25) is 0 Å². The van der Waals surface area contributed by atoms with E-state index in [1.807, 2.05) is 6.07 Å². The molecule has 0 unspecified atom stereocenters. The number of phenols is 1. The number of Topliss-reactive ketones (excluding diaryl/α,β-unsaturated/α-hetero) is 1. The van der Waals surface area contributed by atoms with E-state index < -0.39 is 24.2 Å². The zero-order valence-electron chi connectivity index (χ0n) is 22.5. The van der Waals surface area contributed by atoms with Crippen molar-refractivity contribution in [3.63, 3.8) is 0 Å². The first-order chi connectivity index (χ1) is 20.2. The van der Waals surface area contributed by atoms with Crippen molar-refractivity contribution in [2.75, 3.05) is 16.4 Å². The van der Waals surface area contributed by atoms with E-state index in [9.17, 15) is 19.5 Å². The number of hydrogen-bond donors (Lipinski definition) is 4. The quantitative estimate of drug-likeness (QED) is 0.0633. The second-order valence-electron chi connectivity index (χ2n) is 9.12. The van der Waals surface area contributed by atoms with Crippen LogP contribution >= 0.6 is 22.6 Å². The summed E-state index contributed by atoms with van der Waals surface area (Å²) in [5.41, 5.74) is 7.94. The number of hydrogen-bond acceptors (Lipinski definition) is 7. The zero-order valence-corrected chi connectivity index (χ0v) is 24.6. The maximum absolute atomic E-state index is 13.1. The molecule has 0 saturated heterocycles. The van der Waals surface area contributed by atoms with Crippen LogP contribution < -0.4 is 21.1 Å². The number of phenolic OH excluding ortho intramolecular Hbond substituents is 1. The van der Waals surface area contributed by atoms with E-state index in [0.29, 0.717) is 28.4 Å². The van der Waals surface area contributed by atoms with Gasteiger partial charge in [-0.05, 0) is 102 Å². The minimum absolute atomic E-state index is 0.106. The molecule has 10 heteroatoms. The number of benzene rings is 4. The summed E-state index contributed by atoms with van der Waals surface area (Å²) in [6, 6.07) is 26.8. The lowest BCUT2D eigenvalue weighted by Crippen LogP contribution is -2.30. The Morgan fingerprint density at radius 1 is 0.905 bits per heavy atom. The largest absolute Gasteiger partial charge is 0.508 e. The number of para-hydroxylation sites is 3. The lowest BCUT2D eigenvalue weighted by molar-refractivity contribution is -0.112.